The first-order valence-electron chi connectivity index (χ1n) is 3.02. The van der Waals surface area contributed by atoms with E-state index in [9.17, 15) is 4.79 Å². The number of rotatable bonds is 1. The van der Waals surface area contributed by atoms with Crippen LogP contribution < -0.4 is 5.73 Å². The number of carbonyl (C=O) groups excluding carboxylic acids is 1. The largest absolute Gasteiger partial charge is 0.368 e. The van der Waals surface area contributed by atoms with Crippen LogP contribution in [0, 0.1) is 0 Å². The lowest BCUT2D eigenvalue weighted by atomic mass is 10.2. The van der Waals surface area contributed by atoms with Crippen LogP contribution in [0.4, 0.5) is 0 Å². The normalized spacial score (nSPS) is 28.8. The Hall–Kier alpha value is -0.140. The van der Waals surface area contributed by atoms with Crippen molar-refractivity contribution in [3.05, 3.63) is 0 Å². The average Bonchev–Trinajstić information content (AvgIpc) is 2.13. The van der Waals surface area contributed by atoms with Gasteiger partial charge in [0, 0.05) is 6.54 Å². The molecule has 0 aromatic rings. The van der Waals surface area contributed by atoms with Crippen LogP contribution in [-0.2, 0) is 4.79 Å². The van der Waals surface area contributed by atoms with Crippen LogP contribution in [0.15, 0.2) is 0 Å². The maximum atomic E-state index is 10.6. The number of nitrogens with zero attached hydrogens (tertiary/aromatic N) is 1. The maximum Gasteiger partial charge on any atom is 0.235 e. The average molecular weight is 146 g/mol. The van der Waals surface area contributed by atoms with Crippen molar-refractivity contribution >= 4 is 15.3 Å². The van der Waals surface area contributed by atoms with Crippen molar-refractivity contribution in [2.24, 2.45) is 5.73 Å². The van der Waals surface area contributed by atoms with E-state index in [4.69, 9.17) is 5.73 Å². The van der Waals surface area contributed by atoms with Gasteiger partial charge in [-0.15, -0.1) is 0 Å². The van der Waals surface area contributed by atoms with Gasteiger partial charge in [-0.25, -0.2) is 0 Å². The Morgan fingerprint density at radius 3 is 2.67 bits per heavy atom. The second-order valence-electron chi connectivity index (χ2n) is 2.30. The van der Waals surface area contributed by atoms with E-state index in [2.05, 4.69) is 9.39 Å². The van der Waals surface area contributed by atoms with Crippen LogP contribution in [0.25, 0.3) is 0 Å². The lowest BCUT2D eigenvalue weighted by molar-refractivity contribution is -0.120. The first-order valence-corrected chi connectivity index (χ1v) is 3.54. The second-order valence-corrected chi connectivity index (χ2v) is 2.96. The number of carbonyl (C=O) groups is 1. The number of hydrogen-bond acceptors (Lipinski definition) is 2. The number of hydrogen-bond donors (Lipinski definition) is 1. The first kappa shape index (κ1) is 6.97. The van der Waals surface area contributed by atoms with Crippen LogP contribution in [0.5, 0.6) is 0 Å². The summed E-state index contributed by atoms with van der Waals surface area (Å²) in [4.78, 5) is 10.6. The molecule has 0 saturated carbocycles. The highest BCUT2D eigenvalue weighted by Crippen LogP contribution is 2.19. The molecule has 9 heavy (non-hydrogen) atoms. The van der Waals surface area contributed by atoms with E-state index in [0.29, 0.717) is 0 Å². The van der Waals surface area contributed by atoms with Crippen LogP contribution in [0.2, 0.25) is 0 Å². The zero-order valence-corrected chi connectivity index (χ0v) is 6.36. The molecule has 0 aromatic carbocycles. The molecule has 1 aliphatic rings. The van der Waals surface area contributed by atoms with Gasteiger partial charge in [-0.3, -0.25) is 9.46 Å². The summed E-state index contributed by atoms with van der Waals surface area (Å²) in [6, 6.07) is -0.0324. The van der Waals surface area contributed by atoms with Crippen molar-refractivity contribution in [1.82, 2.24) is 4.67 Å². The van der Waals surface area contributed by atoms with Crippen molar-refractivity contribution in [1.29, 1.82) is 0 Å². The van der Waals surface area contributed by atoms with Crippen LogP contribution >= 0.6 is 9.39 Å². The summed E-state index contributed by atoms with van der Waals surface area (Å²) >= 11 is 0. The summed E-state index contributed by atoms with van der Waals surface area (Å²) in [7, 11) is 2.51. The van der Waals surface area contributed by atoms with Crippen molar-refractivity contribution in [3.63, 3.8) is 0 Å². The minimum atomic E-state index is -0.206. The molecule has 1 aliphatic heterocycles. The highest BCUT2D eigenvalue weighted by atomic mass is 31.0. The molecule has 0 spiro atoms. The van der Waals surface area contributed by atoms with Gasteiger partial charge in [0.05, 0.1) is 6.04 Å². The molecule has 3 nitrogen and oxygen atoms in total. The summed E-state index contributed by atoms with van der Waals surface area (Å²) in [5, 5.41) is 0. The number of nitrogens with two attached hydrogens (primary N) is 1. The van der Waals surface area contributed by atoms with Gasteiger partial charge in [-0.2, -0.15) is 0 Å². The van der Waals surface area contributed by atoms with Crippen LogP contribution in [0.1, 0.15) is 12.8 Å². The zero-order valence-electron chi connectivity index (χ0n) is 5.21. The van der Waals surface area contributed by atoms with Gasteiger partial charge < -0.3 is 5.73 Å². The first-order chi connectivity index (χ1) is 4.22. The summed E-state index contributed by atoms with van der Waals surface area (Å²) in [5.74, 6) is -0.206. The van der Waals surface area contributed by atoms with Crippen molar-refractivity contribution in [3.8, 4) is 0 Å². The third kappa shape index (κ3) is 1.41. The standard InChI is InChI=1S/C5H11N2OP/c6-5(8)4-2-1-3-7(4)9/h4H,1-3,9H2,(H2,6,8)/t4-/m0/s1. The van der Waals surface area contributed by atoms with Gasteiger partial charge in [0.1, 0.15) is 0 Å². The monoisotopic (exact) mass is 146 g/mol. The Kier molecular flexibility index (Phi) is 2.04. The Labute approximate surface area is 56.8 Å². The Morgan fingerprint density at radius 2 is 2.44 bits per heavy atom. The molecule has 1 heterocycles. The molecule has 0 aromatic heterocycles. The molecule has 1 rings (SSSR count). The highest BCUT2D eigenvalue weighted by Gasteiger charge is 2.25. The fraction of sp³-hybridized carbons (Fsp3) is 0.800. The third-order valence-corrected chi connectivity index (χ3v) is 2.24. The molecular formula is C5H11N2OP. The van der Waals surface area contributed by atoms with Crippen molar-refractivity contribution in [2.45, 2.75) is 18.9 Å². The van der Waals surface area contributed by atoms with E-state index < -0.39 is 0 Å². The molecule has 1 saturated heterocycles. The summed E-state index contributed by atoms with van der Waals surface area (Å²) in [6.45, 7) is 0.971. The van der Waals surface area contributed by atoms with E-state index in [1.54, 1.807) is 0 Å². The van der Waals surface area contributed by atoms with Crippen LogP contribution in [0.3, 0.4) is 0 Å². The van der Waals surface area contributed by atoms with E-state index in [0.717, 1.165) is 19.4 Å². The van der Waals surface area contributed by atoms with Gasteiger partial charge in [-0.05, 0) is 12.8 Å². The van der Waals surface area contributed by atoms with Gasteiger partial charge in [0.25, 0.3) is 0 Å². The predicted molar refractivity (Wildman–Crippen MR) is 38.6 cm³/mol. The number of primary amides is 1. The Morgan fingerprint density at radius 1 is 1.78 bits per heavy atom. The van der Waals surface area contributed by atoms with Crippen LogP contribution in [-0.4, -0.2) is 23.2 Å². The molecule has 4 heteroatoms. The molecular weight excluding hydrogens is 135 g/mol. The Bertz CT molecular complexity index is 128. The predicted octanol–water partition coefficient (Wildman–Crippen LogP) is -0.274. The van der Waals surface area contributed by atoms with Gasteiger partial charge in [0.15, 0.2) is 0 Å². The summed E-state index contributed by atoms with van der Waals surface area (Å²) < 4.78 is 1.92. The highest BCUT2D eigenvalue weighted by molar-refractivity contribution is 7.13. The summed E-state index contributed by atoms with van der Waals surface area (Å²) in [5.41, 5.74) is 5.09. The maximum absolute atomic E-state index is 10.6. The van der Waals surface area contributed by atoms with E-state index in [1.165, 1.54) is 0 Å². The molecule has 52 valence electrons. The molecule has 1 amide bonds. The summed E-state index contributed by atoms with van der Waals surface area (Å²) in [6.07, 6.45) is 2.00. The topological polar surface area (TPSA) is 46.3 Å². The van der Waals surface area contributed by atoms with Gasteiger partial charge in [-0.1, -0.05) is 9.39 Å². The second kappa shape index (κ2) is 2.63. The fourth-order valence-electron chi connectivity index (χ4n) is 1.09. The third-order valence-electron chi connectivity index (χ3n) is 1.62. The molecule has 1 fully saturated rings. The minimum absolute atomic E-state index is 0.0324. The fourth-order valence-corrected chi connectivity index (χ4v) is 1.57. The quantitative estimate of drug-likeness (QED) is 0.517. The van der Waals surface area contributed by atoms with Gasteiger partial charge >= 0.3 is 0 Å². The van der Waals surface area contributed by atoms with Crippen molar-refractivity contribution in [2.75, 3.05) is 6.54 Å². The van der Waals surface area contributed by atoms with E-state index in [-0.39, 0.29) is 11.9 Å². The molecule has 0 aliphatic carbocycles. The minimum Gasteiger partial charge on any atom is -0.368 e. The van der Waals surface area contributed by atoms with Crippen molar-refractivity contribution < 1.29 is 4.79 Å². The SMILES string of the molecule is NC(=O)[C@@H]1CCCN1P. The zero-order chi connectivity index (χ0) is 6.85. The lowest BCUT2D eigenvalue weighted by Gasteiger charge is -2.13. The Balaban J connectivity index is 2.49. The van der Waals surface area contributed by atoms with E-state index in [1.807, 2.05) is 4.67 Å². The number of amides is 1. The smallest absolute Gasteiger partial charge is 0.235 e. The molecule has 0 radical (unpaired) electrons. The molecule has 1 unspecified atom stereocenters. The van der Waals surface area contributed by atoms with Gasteiger partial charge in [0.2, 0.25) is 5.91 Å². The lowest BCUT2D eigenvalue weighted by Crippen LogP contribution is -2.34. The van der Waals surface area contributed by atoms with E-state index >= 15 is 0 Å². The molecule has 2 atom stereocenters. The molecule has 2 N–H and O–H groups in total. The molecule has 0 bridgehead atoms.